The molecule has 1 N–H and O–H groups in total. The summed E-state index contributed by atoms with van der Waals surface area (Å²) in [4.78, 5) is 6.82. The number of benzene rings is 1. The predicted molar refractivity (Wildman–Crippen MR) is 36.2 cm³/mol. The normalized spacial score (nSPS) is 10.4. The molecule has 0 spiro atoms. The quantitative estimate of drug-likeness (QED) is 0.584. The van der Waals surface area contributed by atoms with Crippen LogP contribution in [-0.4, -0.2) is 9.97 Å². The molecule has 0 saturated carbocycles. The standard InChI is InChI=1S/C7H5N2O/c10-5-1-2-6-7(3-5)9-4-8-6/h1-4H,(H,8,9). The summed E-state index contributed by atoms with van der Waals surface area (Å²) in [5.74, 6) is -0.000370. The molecule has 1 heterocycles. The van der Waals surface area contributed by atoms with Gasteiger partial charge in [0, 0.05) is 6.07 Å². The maximum atomic E-state index is 10.7. The first-order valence-electron chi connectivity index (χ1n) is 2.96. The first-order chi connectivity index (χ1) is 4.86. The van der Waals surface area contributed by atoms with Gasteiger partial charge in [0.1, 0.15) is 0 Å². The van der Waals surface area contributed by atoms with Gasteiger partial charge in [0.25, 0.3) is 0 Å². The molecule has 49 valence electrons. The Morgan fingerprint density at radius 3 is 3.20 bits per heavy atom. The lowest BCUT2D eigenvalue weighted by Crippen LogP contribution is -1.66. The monoisotopic (exact) mass is 133 g/mol. The molecule has 0 saturated heterocycles. The number of hydrogen-bond acceptors (Lipinski definition) is 1. The molecule has 1 radical (unpaired) electrons. The number of hydrogen-bond donors (Lipinski definition) is 1. The number of aromatic nitrogens is 2. The molecular formula is C7H5N2O. The van der Waals surface area contributed by atoms with Crippen LogP contribution in [-0.2, 0) is 5.11 Å². The zero-order valence-electron chi connectivity index (χ0n) is 5.16. The van der Waals surface area contributed by atoms with Crippen LogP contribution < -0.4 is 0 Å². The van der Waals surface area contributed by atoms with Crippen molar-refractivity contribution in [3.8, 4) is 5.75 Å². The summed E-state index contributed by atoms with van der Waals surface area (Å²) in [6, 6.07) is 4.75. The molecule has 2 aromatic rings. The summed E-state index contributed by atoms with van der Waals surface area (Å²) in [5.41, 5.74) is 1.63. The van der Waals surface area contributed by atoms with Crippen molar-refractivity contribution in [3.05, 3.63) is 24.5 Å². The highest BCUT2D eigenvalue weighted by molar-refractivity contribution is 5.75. The fourth-order valence-electron chi connectivity index (χ4n) is 0.912. The van der Waals surface area contributed by atoms with E-state index in [4.69, 9.17) is 0 Å². The number of fused-ring (bicyclic) bond motifs is 1. The Morgan fingerprint density at radius 1 is 1.40 bits per heavy atom. The third kappa shape index (κ3) is 0.639. The summed E-state index contributed by atoms with van der Waals surface area (Å²) in [5, 5.41) is 10.7. The van der Waals surface area contributed by atoms with Crippen LogP contribution in [0.4, 0.5) is 0 Å². The lowest BCUT2D eigenvalue weighted by molar-refractivity contribution is 0.355. The second-order valence-corrected chi connectivity index (χ2v) is 2.08. The maximum absolute atomic E-state index is 10.7. The zero-order chi connectivity index (χ0) is 6.97. The van der Waals surface area contributed by atoms with Gasteiger partial charge in [-0.05, 0) is 12.1 Å². The van der Waals surface area contributed by atoms with E-state index in [1.807, 2.05) is 0 Å². The minimum absolute atomic E-state index is 0.000370. The van der Waals surface area contributed by atoms with Crippen LogP contribution in [0.5, 0.6) is 5.75 Å². The average molecular weight is 133 g/mol. The van der Waals surface area contributed by atoms with Gasteiger partial charge in [-0.15, -0.1) is 0 Å². The minimum atomic E-state index is -0.000370. The largest absolute Gasteiger partial charge is 0.345 e. The molecule has 0 amide bonds. The summed E-state index contributed by atoms with van der Waals surface area (Å²) >= 11 is 0. The van der Waals surface area contributed by atoms with Gasteiger partial charge in [0.05, 0.1) is 17.4 Å². The van der Waals surface area contributed by atoms with E-state index in [2.05, 4.69) is 9.97 Å². The first-order valence-corrected chi connectivity index (χ1v) is 2.96. The van der Waals surface area contributed by atoms with Crippen LogP contribution in [0.3, 0.4) is 0 Å². The fourth-order valence-corrected chi connectivity index (χ4v) is 0.912. The Hall–Kier alpha value is -1.51. The van der Waals surface area contributed by atoms with Crippen LogP contribution in [0.15, 0.2) is 24.5 Å². The summed E-state index contributed by atoms with van der Waals surface area (Å²) in [7, 11) is 0. The van der Waals surface area contributed by atoms with E-state index >= 15 is 0 Å². The van der Waals surface area contributed by atoms with Crippen molar-refractivity contribution in [1.29, 1.82) is 0 Å². The van der Waals surface area contributed by atoms with Gasteiger partial charge in [0.2, 0.25) is 0 Å². The van der Waals surface area contributed by atoms with E-state index in [1.54, 1.807) is 12.4 Å². The van der Waals surface area contributed by atoms with Crippen molar-refractivity contribution in [2.75, 3.05) is 0 Å². The Labute approximate surface area is 57.3 Å². The van der Waals surface area contributed by atoms with Crippen molar-refractivity contribution in [2.45, 2.75) is 0 Å². The van der Waals surface area contributed by atoms with Crippen molar-refractivity contribution in [3.63, 3.8) is 0 Å². The van der Waals surface area contributed by atoms with E-state index < -0.39 is 0 Å². The van der Waals surface area contributed by atoms with Crippen molar-refractivity contribution < 1.29 is 5.11 Å². The first kappa shape index (κ1) is 5.29. The van der Waals surface area contributed by atoms with Gasteiger partial charge >= 0.3 is 0 Å². The number of imidazole rings is 1. The van der Waals surface area contributed by atoms with Crippen molar-refractivity contribution >= 4 is 11.0 Å². The lowest BCUT2D eigenvalue weighted by atomic mass is 10.3. The molecule has 0 aliphatic carbocycles. The van der Waals surface area contributed by atoms with Crippen LogP contribution in [0, 0.1) is 0 Å². The molecule has 0 aliphatic rings. The maximum Gasteiger partial charge on any atom is 0.180 e. The molecule has 1 aromatic heterocycles. The molecule has 3 nitrogen and oxygen atoms in total. The number of H-pyrrole nitrogens is 1. The van der Waals surface area contributed by atoms with E-state index in [-0.39, 0.29) is 5.75 Å². The van der Waals surface area contributed by atoms with Gasteiger partial charge < -0.3 is 4.98 Å². The smallest absolute Gasteiger partial charge is 0.180 e. The number of aromatic amines is 1. The summed E-state index contributed by atoms with van der Waals surface area (Å²) in [6.45, 7) is 0. The molecule has 0 fully saturated rings. The Kier molecular flexibility index (Phi) is 0.917. The zero-order valence-corrected chi connectivity index (χ0v) is 5.16. The van der Waals surface area contributed by atoms with Gasteiger partial charge in [-0.25, -0.2) is 4.98 Å². The van der Waals surface area contributed by atoms with E-state index in [9.17, 15) is 5.11 Å². The van der Waals surface area contributed by atoms with Gasteiger partial charge in [-0.2, -0.15) is 0 Å². The SMILES string of the molecule is [O]c1ccc2[nH]cnc2c1. The Morgan fingerprint density at radius 2 is 2.30 bits per heavy atom. The van der Waals surface area contributed by atoms with Crippen LogP contribution in [0.25, 0.3) is 11.0 Å². The van der Waals surface area contributed by atoms with E-state index in [1.165, 1.54) is 12.1 Å². The molecular weight excluding hydrogens is 128 g/mol. The molecule has 0 unspecified atom stereocenters. The number of rotatable bonds is 0. The van der Waals surface area contributed by atoms with Gasteiger partial charge in [-0.1, -0.05) is 0 Å². The van der Waals surface area contributed by atoms with Crippen LogP contribution >= 0.6 is 0 Å². The molecule has 0 bridgehead atoms. The topological polar surface area (TPSA) is 48.6 Å². The number of nitrogens with one attached hydrogen (secondary N) is 1. The van der Waals surface area contributed by atoms with Gasteiger partial charge in [-0.3, -0.25) is 5.11 Å². The number of nitrogens with zero attached hydrogens (tertiary/aromatic N) is 1. The third-order valence-electron chi connectivity index (χ3n) is 1.39. The summed E-state index contributed by atoms with van der Waals surface area (Å²) < 4.78 is 0. The summed E-state index contributed by atoms with van der Waals surface area (Å²) in [6.07, 6.45) is 1.57. The van der Waals surface area contributed by atoms with Crippen molar-refractivity contribution in [1.82, 2.24) is 9.97 Å². The molecule has 0 aliphatic heterocycles. The van der Waals surface area contributed by atoms with Crippen LogP contribution in [0.2, 0.25) is 0 Å². The second kappa shape index (κ2) is 1.73. The second-order valence-electron chi connectivity index (χ2n) is 2.08. The average Bonchev–Trinajstić information content (AvgIpc) is 2.33. The molecule has 2 rings (SSSR count). The van der Waals surface area contributed by atoms with E-state index in [0.29, 0.717) is 0 Å². The highest BCUT2D eigenvalue weighted by Crippen LogP contribution is 2.15. The third-order valence-corrected chi connectivity index (χ3v) is 1.39. The molecule has 0 atom stereocenters. The van der Waals surface area contributed by atoms with Crippen molar-refractivity contribution in [2.24, 2.45) is 0 Å². The van der Waals surface area contributed by atoms with Crippen LogP contribution in [0.1, 0.15) is 0 Å². The molecule has 3 heteroatoms. The van der Waals surface area contributed by atoms with E-state index in [0.717, 1.165) is 11.0 Å². The molecule has 10 heavy (non-hydrogen) atoms. The van der Waals surface area contributed by atoms with Gasteiger partial charge in [0.15, 0.2) is 5.75 Å². The molecule has 1 aromatic carbocycles. The highest BCUT2D eigenvalue weighted by Gasteiger charge is 1.95. The fraction of sp³-hybridized carbons (Fsp3) is 0. The Balaban J connectivity index is 2.86. The lowest BCUT2D eigenvalue weighted by Gasteiger charge is -1.85. The predicted octanol–water partition coefficient (Wildman–Crippen LogP) is 1.71. The highest BCUT2D eigenvalue weighted by atomic mass is 16.3. The Bertz CT molecular complexity index is 353. The minimum Gasteiger partial charge on any atom is -0.345 e.